The topological polar surface area (TPSA) is 104 Å². The number of carbonyl (C=O) groups excluding carboxylic acids is 1. The molecule has 120 valence electrons. The third-order valence-electron chi connectivity index (χ3n) is 2.91. The van der Waals surface area contributed by atoms with Crippen molar-refractivity contribution in [2.24, 2.45) is 0 Å². The molecule has 2 rings (SSSR count). The molecule has 23 heavy (non-hydrogen) atoms. The monoisotopic (exact) mass is 317 g/mol. The van der Waals surface area contributed by atoms with Crippen LogP contribution in [0.25, 0.3) is 0 Å². The molecule has 1 aromatic heterocycles. The van der Waals surface area contributed by atoms with Crippen molar-refractivity contribution >= 4 is 23.2 Å². The maximum Gasteiger partial charge on any atom is 0.339 e. The highest BCUT2D eigenvalue weighted by Gasteiger charge is 2.19. The molecule has 0 aliphatic heterocycles. The van der Waals surface area contributed by atoms with Crippen molar-refractivity contribution in [3.8, 4) is 5.75 Å². The summed E-state index contributed by atoms with van der Waals surface area (Å²) in [5.41, 5.74) is 0.299. The third kappa shape index (κ3) is 3.94. The van der Waals surface area contributed by atoms with E-state index in [1.54, 1.807) is 24.3 Å². The van der Waals surface area contributed by atoms with E-state index in [0.29, 0.717) is 18.0 Å². The van der Waals surface area contributed by atoms with Gasteiger partial charge >= 0.3 is 11.7 Å². The lowest BCUT2D eigenvalue weighted by atomic mass is 10.2. The van der Waals surface area contributed by atoms with E-state index in [-0.39, 0.29) is 17.1 Å². The van der Waals surface area contributed by atoms with Crippen molar-refractivity contribution in [2.45, 2.75) is 6.92 Å². The fourth-order valence-electron chi connectivity index (χ4n) is 1.86. The lowest BCUT2D eigenvalue weighted by Crippen LogP contribution is -2.06. The van der Waals surface area contributed by atoms with Crippen LogP contribution < -0.4 is 10.1 Å². The molecular formula is C15H15N3O5. The van der Waals surface area contributed by atoms with Crippen LogP contribution in [0.1, 0.15) is 17.3 Å². The standard InChI is InChI=1S/C15H15N3O5/c1-3-23-12-6-4-11(5-7-12)17-14-13(18(20)21)8-10(9-16-14)15(19)22-2/h4-9H,3H2,1-2H3,(H,16,17). The van der Waals surface area contributed by atoms with Crippen molar-refractivity contribution in [3.63, 3.8) is 0 Å². The summed E-state index contributed by atoms with van der Waals surface area (Å²) < 4.78 is 9.85. The SMILES string of the molecule is CCOc1ccc(Nc2ncc(C(=O)OC)cc2[N+](=O)[O-])cc1. The molecule has 0 saturated heterocycles. The normalized spacial score (nSPS) is 10.0. The Morgan fingerprint density at radius 1 is 1.35 bits per heavy atom. The summed E-state index contributed by atoms with van der Waals surface area (Å²) in [4.78, 5) is 25.9. The Balaban J connectivity index is 2.28. The van der Waals surface area contributed by atoms with Gasteiger partial charge in [-0.25, -0.2) is 9.78 Å². The Bertz CT molecular complexity index is 716. The fraction of sp³-hybridized carbons (Fsp3) is 0.200. The summed E-state index contributed by atoms with van der Waals surface area (Å²) in [6.45, 7) is 2.43. The maximum absolute atomic E-state index is 11.4. The number of benzene rings is 1. The number of anilines is 2. The van der Waals surface area contributed by atoms with Crippen molar-refractivity contribution in [1.29, 1.82) is 0 Å². The van der Waals surface area contributed by atoms with Gasteiger partial charge in [-0.15, -0.1) is 0 Å². The number of nitrogens with zero attached hydrogens (tertiary/aromatic N) is 2. The van der Waals surface area contributed by atoms with E-state index in [2.05, 4.69) is 15.0 Å². The van der Waals surface area contributed by atoms with E-state index in [1.807, 2.05) is 6.92 Å². The van der Waals surface area contributed by atoms with E-state index >= 15 is 0 Å². The number of nitro groups is 1. The molecule has 8 nitrogen and oxygen atoms in total. The molecule has 0 atom stereocenters. The van der Waals surface area contributed by atoms with Crippen LogP contribution in [-0.2, 0) is 4.74 Å². The second kappa shape index (κ2) is 7.21. The van der Waals surface area contributed by atoms with Crippen LogP contribution in [0, 0.1) is 10.1 Å². The first kappa shape index (κ1) is 16.2. The van der Waals surface area contributed by atoms with Gasteiger partial charge in [0.2, 0.25) is 5.82 Å². The molecule has 1 aromatic carbocycles. The van der Waals surface area contributed by atoms with E-state index in [0.717, 1.165) is 6.07 Å². The molecule has 1 heterocycles. The highest BCUT2D eigenvalue weighted by atomic mass is 16.6. The molecule has 0 radical (unpaired) electrons. The van der Waals surface area contributed by atoms with Crippen LogP contribution in [0.4, 0.5) is 17.2 Å². The number of aromatic nitrogens is 1. The largest absolute Gasteiger partial charge is 0.494 e. The van der Waals surface area contributed by atoms with Gasteiger partial charge in [0.1, 0.15) is 5.75 Å². The first-order chi connectivity index (χ1) is 11.0. The van der Waals surface area contributed by atoms with Crippen LogP contribution in [0.15, 0.2) is 36.5 Å². The molecule has 0 unspecified atom stereocenters. The highest BCUT2D eigenvalue weighted by molar-refractivity contribution is 5.90. The average molecular weight is 317 g/mol. The molecule has 0 aliphatic carbocycles. The zero-order valence-corrected chi connectivity index (χ0v) is 12.6. The quantitative estimate of drug-likeness (QED) is 0.496. The van der Waals surface area contributed by atoms with Crippen LogP contribution in [0.3, 0.4) is 0 Å². The van der Waals surface area contributed by atoms with Crippen molar-refractivity contribution in [1.82, 2.24) is 4.98 Å². The number of nitrogens with one attached hydrogen (secondary N) is 1. The first-order valence-corrected chi connectivity index (χ1v) is 6.77. The third-order valence-corrected chi connectivity index (χ3v) is 2.91. The minimum Gasteiger partial charge on any atom is -0.494 e. The zero-order valence-electron chi connectivity index (χ0n) is 12.6. The Morgan fingerprint density at radius 3 is 2.61 bits per heavy atom. The minimum absolute atomic E-state index is 0.0106. The van der Waals surface area contributed by atoms with Crippen LogP contribution in [0.5, 0.6) is 5.75 Å². The van der Waals surface area contributed by atoms with E-state index in [9.17, 15) is 14.9 Å². The van der Waals surface area contributed by atoms with Gasteiger partial charge in [-0.05, 0) is 31.2 Å². The Kier molecular flexibility index (Phi) is 5.08. The summed E-state index contributed by atoms with van der Waals surface area (Å²) in [6.07, 6.45) is 1.22. The van der Waals surface area contributed by atoms with E-state index < -0.39 is 10.9 Å². The number of pyridine rings is 1. The molecule has 0 spiro atoms. The average Bonchev–Trinajstić information content (AvgIpc) is 2.56. The number of carbonyl (C=O) groups is 1. The molecule has 0 amide bonds. The predicted octanol–water partition coefficient (Wildman–Crippen LogP) is 2.92. The molecule has 2 aromatic rings. The Hall–Kier alpha value is -3.16. The second-order valence-electron chi connectivity index (χ2n) is 4.42. The summed E-state index contributed by atoms with van der Waals surface area (Å²) in [7, 11) is 1.19. The summed E-state index contributed by atoms with van der Waals surface area (Å²) in [6, 6.07) is 8.02. The molecule has 8 heteroatoms. The Morgan fingerprint density at radius 2 is 2.04 bits per heavy atom. The highest BCUT2D eigenvalue weighted by Crippen LogP contribution is 2.27. The molecule has 0 fully saturated rings. The van der Waals surface area contributed by atoms with Gasteiger partial charge in [-0.3, -0.25) is 10.1 Å². The molecule has 0 bridgehead atoms. The van der Waals surface area contributed by atoms with Gasteiger partial charge < -0.3 is 14.8 Å². The second-order valence-corrected chi connectivity index (χ2v) is 4.42. The van der Waals surface area contributed by atoms with Crippen LogP contribution in [-0.4, -0.2) is 29.6 Å². The van der Waals surface area contributed by atoms with Crippen LogP contribution in [0.2, 0.25) is 0 Å². The Labute approximate surface area is 132 Å². The first-order valence-electron chi connectivity index (χ1n) is 6.77. The zero-order chi connectivity index (χ0) is 16.8. The fourth-order valence-corrected chi connectivity index (χ4v) is 1.86. The van der Waals surface area contributed by atoms with Crippen LogP contribution >= 0.6 is 0 Å². The predicted molar refractivity (Wildman–Crippen MR) is 83.1 cm³/mol. The molecule has 0 aliphatic rings. The van der Waals surface area contributed by atoms with Gasteiger partial charge in [-0.1, -0.05) is 0 Å². The van der Waals surface area contributed by atoms with Gasteiger partial charge in [0.05, 0.1) is 24.2 Å². The molecule has 1 N–H and O–H groups in total. The number of hydrogen-bond acceptors (Lipinski definition) is 7. The summed E-state index contributed by atoms with van der Waals surface area (Å²) >= 11 is 0. The smallest absolute Gasteiger partial charge is 0.339 e. The number of hydrogen-bond donors (Lipinski definition) is 1. The molecular weight excluding hydrogens is 302 g/mol. The van der Waals surface area contributed by atoms with Gasteiger partial charge in [-0.2, -0.15) is 0 Å². The van der Waals surface area contributed by atoms with Crippen molar-refractivity contribution in [2.75, 3.05) is 19.0 Å². The van der Waals surface area contributed by atoms with Gasteiger partial charge in [0.25, 0.3) is 0 Å². The lowest BCUT2D eigenvalue weighted by Gasteiger charge is -2.08. The van der Waals surface area contributed by atoms with Gasteiger partial charge in [0.15, 0.2) is 0 Å². The lowest BCUT2D eigenvalue weighted by molar-refractivity contribution is -0.384. The maximum atomic E-state index is 11.4. The van der Waals surface area contributed by atoms with E-state index in [4.69, 9.17) is 4.74 Å². The number of methoxy groups -OCH3 is 1. The summed E-state index contributed by atoms with van der Waals surface area (Å²) in [5.74, 6) is 0.0431. The van der Waals surface area contributed by atoms with Gasteiger partial charge in [0, 0.05) is 18.0 Å². The van der Waals surface area contributed by atoms with Crippen molar-refractivity contribution < 1.29 is 19.2 Å². The number of rotatable bonds is 6. The van der Waals surface area contributed by atoms with E-state index in [1.165, 1.54) is 13.3 Å². The number of esters is 1. The summed E-state index contributed by atoms with van der Waals surface area (Å²) in [5, 5.41) is 14.0. The van der Waals surface area contributed by atoms with Crippen molar-refractivity contribution in [3.05, 3.63) is 52.2 Å². The number of ether oxygens (including phenoxy) is 2. The molecule has 0 saturated carbocycles. The minimum atomic E-state index is -0.687.